The molecule has 1 aromatic carbocycles. The van der Waals surface area contributed by atoms with E-state index in [1.807, 2.05) is 24.3 Å². The van der Waals surface area contributed by atoms with Crippen molar-refractivity contribution in [1.29, 1.82) is 0 Å². The second-order valence-corrected chi connectivity index (χ2v) is 4.56. The van der Waals surface area contributed by atoms with Crippen LogP contribution in [0.2, 0.25) is 0 Å². The van der Waals surface area contributed by atoms with Crippen molar-refractivity contribution in [2.45, 2.75) is 12.3 Å². The van der Waals surface area contributed by atoms with E-state index in [0.29, 0.717) is 5.69 Å². The minimum absolute atomic E-state index is 0.0575. The molecule has 0 saturated heterocycles. The first-order valence-electron chi connectivity index (χ1n) is 6.12. The van der Waals surface area contributed by atoms with E-state index in [1.165, 1.54) is 0 Å². The van der Waals surface area contributed by atoms with Crippen LogP contribution in [-0.2, 0) is 7.05 Å². The maximum absolute atomic E-state index is 12.6. The lowest BCUT2D eigenvalue weighted by molar-refractivity contribution is 0.0946. The van der Waals surface area contributed by atoms with Gasteiger partial charge in [0.2, 0.25) is 0 Å². The predicted octanol–water partition coefficient (Wildman–Crippen LogP) is 2.20. The number of Topliss-reactive ketones (excluding diaryl/α,β-unsaturated/α-hetero) is 1. The van der Waals surface area contributed by atoms with Crippen molar-refractivity contribution >= 4 is 11.5 Å². The Kier molecular flexibility index (Phi) is 2.63. The molecule has 3 rings (SSSR count). The number of ketones is 1. The van der Waals surface area contributed by atoms with Crippen LogP contribution >= 0.6 is 0 Å². The SMILES string of the molecule is Cn1nccc1C(=O)C1CCNc2ccccc21. The maximum atomic E-state index is 12.6. The van der Waals surface area contributed by atoms with E-state index in [1.54, 1.807) is 24.0 Å². The molecule has 1 aliphatic heterocycles. The topological polar surface area (TPSA) is 46.9 Å². The molecule has 0 radical (unpaired) electrons. The van der Waals surface area contributed by atoms with Crippen molar-refractivity contribution in [2.75, 3.05) is 11.9 Å². The average Bonchev–Trinajstić information content (AvgIpc) is 2.83. The van der Waals surface area contributed by atoms with E-state index in [-0.39, 0.29) is 11.7 Å². The van der Waals surface area contributed by atoms with Gasteiger partial charge >= 0.3 is 0 Å². The first-order valence-corrected chi connectivity index (χ1v) is 6.12. The average molecular weight is 241 g/mol. The molecule has 1 atom stereocenters. The Balaban J connectivity index is 2.00. The van der Waals surface area contributed by atoms with Gasteiger partial charge in [0.15, 0.2) is 5.78 Å². The van der Waals surface area contributed by atoms with Crippen LogP contribution < -0.4 is 5.32 Å². The number of rotatable bonds is 2. The number of para-hydroxylation sites is 1. The number of nitrogens with one attached hydrogen (secondary N) is 1. The molecule has 1 N–H and O–H groups in total. The standard InChI is InChI=1S/C14H15N3O/c1-17-13(7-9-16-17)14(18)11-6-8-15-12-5-3-2-4-10(11)12/h2-5,7,9,11,15H,6,8H2,1H3. The largest absolute Gasteiger partial charge is 0.385 e. The normalized spacial score (nSPS) is 17.9. The van der Waals surface area contributed by atoms with Crippen LogP contribution in [0.3, 0.4) is 0 Å². The highest BCUT2D eigenvalue weighted by Crippen LogP contribution is 2.33. The van der Waals surface area contributed by atoms with Crippen molar-refractivity contribution < 1.29 is 4.79 Å². The molecule has 2 heterocycles. The quantitative estimate of drug-likeness (QED) is 0.820. The van der Waals surface area contributed by atoms with Gasteiger partial charge in [-0.3, -0.25) is 9.48 Å². The fourth-order valence-corrected chi connectivity index (χ4v) is 2.53. The highest BCUT2D eigenvalue weighted by atomic mass is 16.1. The van der Waals surface area contributed by atoms with Crippen LogP contribution in [0.4, 0.5) is 5.69 Å². The van der Waals surface area contributed by atoms with E-state index in [2.05, 4.69) is 10.4 Å². The van der Waals surface area contributed by atoms with Gasteiger partial charge in [-0.15, -0.1) is 0 Å². The molecule has 1 aromatic heterocycles. The fraction of sp³-hybridized carbons (Fsp3) is 0.286. The molecular formula is C14H15N3O. The Labute approximate surface area is 106 Å². The summed E-state index contributed by atoms with van der Waals surface area (Å²) in [5, 5.41) is 7.40. The summed E-state index contributed by atoms with van der Waals surface area (Å²) in [6.45, 7) is 0.839. The Hall–Kier alpha value is -2.10. The third-order valence-corrected chi connectivity index (χ3v) is 3.47. The molecule has 2 aromatic rings. The maximum Gasteiger partial charge on any atom is 0.188 e. The predicted molar refractivity (Wildman–Crippen MR) is 69.8 cm³/mol. The summed E-state index contributed by atoms with van der Waals surface area (Å²) in [6.07, 6.45) is 2.50. The number of hydrogen-bond acceptors (Lipinski definition) is 3. The minimum Gasteiger partial charge on any atom is -0.385 e. The Morgan fingerprint density at radius 3 is 3.00 bits per heavy atom. The van der Waals surface area contributed by atoms with Crippen molar-refractivity contribution in [1.82, 2.24) is 9.78 Å². The summed E-state index contributed by atoms with van der Waals surface area (Å²) in [5.74, 6) is 0.0989. The first-order chi connectivity index (χ1) is 8.77. The molecule has 0 spiro atoms. The van der Waals surface area contributed by atoms with Crippen LogP contribution in [0, 0.1) is 0 Å². The molecule has 0 aliphatic carbocycles. The van der Waals surface area contributed by atoms with E-state index >= 15 is 0 Å². The zero-order chi connectivity index (χ0) is 12.5. The number of nitrogens with zero attached hydrogens (tertiary/aromatic N) is 2. The molecule has 18 heavy (non-hydrogen) atoms. The summed E-state index contributed by atoms with van der Waals surface area (Å²) in [4.78, 5) is 12.6. The molecule has 92 valence electrons. The van der Waals surface area contributed by atoms with Crippen molar-refractivity contribution in [3.8, 4) is 0 Å². The molecule has 0 fully saturated rings. The van der Waals surface area contributed by atoms with Gasteiger partial charge < -0.3 is 5.32 Å². The van der Waals surface area contributed by atoms with Crippen molar-refractivity contribution in [3.05, 3.63) is 47.8 Å². The highest BCUT2D eigenvalue weighted by Gasteiger charge is 2.28. The summed E-state index contributed by atoms with van der Waals surface area (Å²) in [5.41, 5.74) is 2.84. The summed E-state index contributed by atoms with van der Waals surface area (Å²) in [6, 6.07) is 9.81. The molecule has 1 aliphatic rings. The van der Waals surface area contributed by atoms with E-state index < -0.39 is 0 Å². The number of fused-ring (bicyclic) bond motifs is 1. The first kappa shape index (κ1) is 11.0. The number of carbonyl (C=O) groups is 1. The number of anilines is 1. The molecular weight excluding hydrogens is 226 g/mol. The fourth-order valence-electron chi connectivity index (χ4n) is 2.53. The monoisotopic (exact) mass is 241 g/mol. The Morgan fingerprint density at radius 1 is 1.39 bits per heavy atom. The minimum atomic E-state index is -0.0575. The smallest absolute Gasteiger partial charge is 0.188 e. The second-order valence-electron chi connectivity index (χ2n) is 4.56. The van der Waals surface area contributed by atoms with Gasteiger partial charge in [0.1, 0.15) is 5.69 Å². The van der Waals surface area contributed by atoms with Crippen LogP contribution in [0.25, 0.3) is 0 Å². The highest BCUT2D eigenvalue weighted by molar-refractivity contribution is 6.00. The van der Waals surface area contributed by atoms with Gasteiger partial charge in [-0.1, -0.05) is 18.2 Å². The number of carbonyl (C=O) groups excluding carboxylic acids is 1. The summed E-state index contributed by atoms with van der Waals surface area (Å²) >= 11 is 0. The van der Waals surface area contributed by atoms with E-state index in [4.69, 9.17) is 0 Å². The van der Waals surface area contributed by atoms with Crippen LogP contribution in [0.1, 0.15) is 28.4 Å². The second kappa shape index (κ2) is 4.29. The molecule has 1 unspecified atom stereocenters. The number of hydrogen-bond donors (Lipinski definition) is 1. The van der Waals surface area contributed by atoms with Gasteiger partial charge in [-0.2, -0.15) is 5.10 Å². The van der Waals surface area contributed by atoms with Crippen LogP contribution in [0.15, 0.2) is 36.5 Å². The Bertz CT molecular complexity index is 588. The number of benzene rings is 1. The van der Waals surface area contributed by atoms with Gasteiger partial charge in [0.25, 0.3) is 0 Å². The van der Waals surface area contributed by atoms with E-state index in [0.717, 1.165) is 24.2 Å². The van der Waals surface area contributed by atoms with Gasteiger partial charge in [-0.05, 0) is 24.1 Å². The van der Waals surface area contributed by atoms with Gasteiger partial charge in [0.05, 0.1) is 5.92 Å². The summed E-state index contributed by atoms with van der Waals surface area (Å²) in [7, 11) is 1.81. The van der Waals surface area contributed by atoms with E-state index in [9.17, 15) is 4.79 Å². The lowest BCUT2D eigenvalue weighted by Crippen LogP contribution is -2.24. The lowest BCUT2D eigenvalue weighted by Gasteiger charge is -2.25. The van der Waals surface area contributed by atoms with Crippen LogP contribution in [0.5, 0.6) is 0 Å². The molecule has 4 nitrogen and oxygen atoms in total. The van der Waals surface area contributed by atoms with Gasteiger partial charge in [-0.25, -0.2) is 0 Å². The van der Waals surface area contributed by atoms with Crippen molar-refractivity contribution in [2.24, 2.45) is 7.05 Å². The zero-order valence-electron chi connectivity index (χ0n) is 10.3. The lowest BCUT2D eigenvalue weighted by atomic mass is 9.86. The zero-order valence-corrected chi connectivity index (χ0v) is 10.3. The van der Waals surface area contributed by atoms with Crippen molar-refractivity contribution in [3.63, 3.8) is 0 Å². The summed E-state index contributed by atoms with van der Waals surface area (Å²) < 4.78 is 1.65. The third-order valence-electron chi connectivity index (χ3n) is 3.47. The van der Waals surface area contributed by atoms with Gasteiger partial charge in [0, 0.05) is 25.5 Å². The Morgan fingerprint density at radius 2 is 2.22 bits per heavy atom. The molecule has 0 amide bonds. The molecule has 0 bridgehead atoms. The molecule has 4 heteroatoms. The molecule has 0 saturated carbocycles. The number of aromatic nitrogens is 2. The van der Waals surface area contributed by atoms with Crippen LogP contribution in [-0.4, -0.2) is 22.1 Å². The third kappa shape index (κ3) is 1.70. The number of aryl methyl sites for hydroxylation is 1.